The lowest BCUT2D eigenvalue weighted by Crippen LogP contribution is -2.30. The summed E-state index contributed by atoms with van der Waals surface area (Å²) < 4.78 is 1.01. The Balaban J connectivity index is 1.88. The van der Waals surface area contributed by atoms with E-state index in [1.807, 2.05) is 91.0 Å². The standard InChI is InChI=1S/C26H18N6O/c27-16-20-21(17-10-4-1-5-11-17)22-24(30-23(20)29-19-14-8-3-9-15-19)31-25(32(28)26(22)33)18-12-6-2-7-13-18/h1-15H,28H2,(H,29,30). The Bertz CT molecular complexity index is 1560. The zero-order valence-corrected chi connectivity index (χ0v) is 17.4. The highest BCUT2D eigenvalue weighted by molar-refractivity contribution is 5.99. The van der Waals surface area contributed by atoms with E-state index in [1.54, 1.807) is 0 Å². The molecule has 5 aromatic rings. The van der Waals surface area contributed by atoms with Crippen molar-refractivity contribution in [2.24, 2.45) is 0 Å². The predicted octanol–water partition coefficient (Wildman–Crippen LogP) is 4.45. The maximum absolute atomic E-state index is 13.5. The molecule has 0 atom stereocenters. The van der Waals surface area contributed by atoms with Crippen LogP contribution in [0.15, 0.2) is 95.8 Å². The van der Waals surface area contributed by atoms with Gasteiger partial charge in [-0.2, -0.15) is 5.26 Å². The molecule has 7 heteroatoms. The van der Waals surface area contributed by atoms with Crippen molar-refractivity contribution in [1.29, 1.82) is 5.26 Å². The van der Waals surface area contributed by atoms with Gasteiger partial charge in [-0.15, -0.1) is 0 Å². The van der Waals surface area contributed by atoms with Crippen LogP contribution in [0.4, 0.5) is 11.5 Å². The zero-order valence-electron chi connectivity index (χ0n) is 17.4. The van der Waals surface area contributed by atoms with E-state index in [-0.39, 0.29) is 22.4 Å². The van der Waals surface area contributed by atoms with Crippen molar-refractivity contribution in [1.82, 2.24) is 14.6 Å². The summed E-state index contributed by atoms with van der Waals surface area (Å²) in [5, 5.41) is 13.5. The summed E-state index contributed by atoms with van der Waals surface area (Å²) in [5.74, 6) is 6.80. The molecule has 0 spiro atoms. The van der Waals surface area contributed by atoms with Gasteiger partial charge < -0.3 is 11.2 Å². The maximum Gasteiger partial charge on any atom is 0.282 e. The average molecular weight is 430 g/mol. The van der Waals surface area contributed by atoms with Crippen molar-refractivity contribution in [2.45, 2.75) is 0 Å². The molecule has 3 N–H and O–H groups in total. The molecular formula is C26H18N6O. The van der Waals surface area contributed by atoms with Crippen LogP contribution < -0.4 is 16.7 Å². The first-order valence-corrected chi connectivity index (χ1v) is 10.3. The van der Waals surface area contributed by atoms with E-state index in [9.17, 15) is 10.1 Å². The van der Waals surface area contributed by atoms with Gasteiger partial charge in [-0.3, -0.25) is 4.79 Å². The Labute approximate surface area is 189 Å². The van der Waals surface area contributed by atoms with E-state index in [4.69, 9.17) is 5.84 Å². The number of hydrogen-bond donors (Lipinski definition) is 2. The molecule has 3 aromatic carbocycles. The van der Waals surface area contributed by atoms with Gasteiger partial charge >= 0.3 is 0 Å². The van der Waals surface area contributed by atoms with Crippen molar-refractivity contribution in [3.8, 4) is 28.6 Å². The first kappa shape index (κ1) is 20.0. The number of pyridine rings is 1. The van der Waals surface area contributed by atoms with Crippen molar-refractivity contribution >= 4 is 22.5 Å². The van der Waals surface area contributed by atoms with Gasteiger partial charge in [0.05, 0.1) is 5.39 Å². The molecule has 0 aliphatic carbocycles. The van der Waals surface area contributed by atoms with Gasteiger partial charge in [-0.1, -0.05) is 78.9 Å². The minimum atomic E-state index is -0.479. The third-order valence-electron chi connectivity index (χ3n) is 5.29. The van der Waals surface area contributed by atoms with E-state index in [2.05, 4.69) is 21.4 Å². The second kappa shape index (κ2) is 8.29. The van der Waals surface area contributed by atoms with Crippen LogP contribution in [0.1, 0.15) is 5.56 Å². The van der Waals surface area contributed by atoms with Crippen molar-refractivity contribution in [3.05, 3.63) is 107 Å². The van der Waals surface area contributed by atoms with Crippen LogP contribution in [0.5, 0.6) is 0 Å². The van der Waals surface area contributed by atoms with Gasteiger partial charge in [0.15, 0.2) is 17.3 Å². The first-order valence-electron chi connectivity index (χ1n) is 10.3. The highest BCUT2D eigenvalue weighted by atomic mass is 16.1. The number of benzene rings is 3. The Morgan fingerprint density at radius 2 is 1.39 bits per heavy atom. The number of nitriles is 1. The quantitative estimate of drug-likeness (QED) is 0.408. The molecule has 0 aliphatic heterocycles. The van der Waals surface area contributed by atoms with E-state index in [1.165, 1.54) is 0 Å². The van der Waals surface area contributed by atoms with Crippen molar-refractivity contribution in [2.75, 3.05) is 11.2 Å². The number of aromatic nitrogens is 3. The fourth-order valence-electron chi connectivity index (χ4n) is 3.77. The number of para-hydroxylation sites is 1. The van der Waals surface area contributed by atoms with Crippen molar-refractivity contribution < 1.29 is 0 Å². The Morgan fingerprint density at radius 3 is 2.00 bits per heavy atom. The summed E-state index contributed by atoms with van der Waals surface area (Å²) in [5.41, 5.74) is 2.55. The number of nitrogens with one attached hydrogen (secondary N) is 1. The lowest BCUT2D eigenvalue weighted by molar-refractivity contribution is 0.922. The van der Waals surface area contributed by atoms with Crippen LogP contribution >= 0.6 is 0 Å². The zero-order chi connectivity index (χ0) is 22.8. The SMILES string of the molecule is N#Cc1c(Nc2ccccc2)nc2nc(-c3ccccc3)n(N)c(=O)c2c1-c1ccccc1. The van der Waals surface area contributed by atoms with Gasteiger partial charge in [0.2, 0.25) is 0 Å². The minimum Gasteiger partial charge on any atom is -0.339 e. The normalized spacial score (nSPS) is 10.6. The van der Waals surface area contributed by atoms with Gasteiger partial charge in [-0.05, 0) is 17.7 Å². The molecular weight excluding hydrogens is 412 g/mol. The molecule has 158 valence electrons. The first-order chi connectivity index (χ1) is 16.2. The number of nitrogens with two attached hydrogens (primary N) is 1. The van der Waals surface area contributed by atoms with Crippen LogP contribution in [0, 0.1) is 11.3 Å². The molecule has 0 unspecified atom stereocenters. The fourth-order valence-corrected chi connectivity index (χ4v) is 3.77. The van der Waals surface area contributed by atoms with E-state index in [0.717, 1.165) is 10.4 Å². The monoisotopic (exact) mass is 430 g/mol. The minimum absolute atomic E-state index is 0.193. The molecule has 33 heavy (non-hydrogen) atoms. The Kier molecular flexibility index (Phi) is 5.01. The molecule has 0 saturated heterocycles. The highest BCUT2D eigenvalue weighted by Gasteiger charge is 2.22. The largest absolute Gasteiger partial charge is 0.339 e. The summed E-state index contributed by atoms with van der Waals surface area (Å²) >= 11 is 0. The van der Waals surface area contributed by atoms with Gasteiger partial charge in [0.1, 0.15) is 11.6 Å². The summed E-state index contributed by atoms with van der Waals surface area (Å²) in [4.78, 5) is 22.7. The maximum atomic E-state index is 13.5. The fraction of sp³-hybridized carbons (Fsp3) is 0. The molecule has 0 bridgehead atoms. The van der Waals surface area contributed by atoms with Gasteiger partial charge in [-0.25, -0.2) is 14.6 Å². The van der Waals surface area contributed by atoms with E-state index >= 15 is 0 Å². The molecule has 5 rings (SSSR count). The van der Waals surface area contributed by atoms with Gasteiger partial charge in [0, 0.05) is 16.8 Å². The number of fused-ring (bicyclic) bond motifs is 1. The molecule has 0 fully saturated rings. The third-order valence-corrected chi connectivity index (χ3v) is 5.29. The average Bonchev–Trinajstić information content (AvgIpc) is 2.87. The third kappa shape index (κ3) is 3.56. The van der Waals surface area contributed by atoms with Crippen molar-refractivity contribution in [3.63, 3.8) is 0 Å². The molecule has 0 aliphatic rings. The lowest BCUT2D eigenvalue weighted by Gasteiger charge is -2.16. The molecule has 2 heterocycles. The molecule has 0 radical (unpaired) electrons. The summed E-state index contributed by atoms with van der Waals surface area (Å²) in [6.07, 6.45) is 0. The molecule has 7 nitrogen and oxygen atoms in total. The molecule has 0 saturated carbocycles. The Morgan fingerprint density at radius 1 is 0.818 bits per heavy atom. The van der Waals surface area contributed by atoms with Crippen LogP contribution in [-0.2, 0) is 0 Å². The summed E-state index contributed by atoms with van der Waals surface area (Å²) in [7, 11) is 0. The van der Waals surface area contributed by atoms with E-state index < -0.39 is 5.56 Å². The second-order valence-electron chi connectivity index (χ2n) is 7.35. The Hall–Kier alpha value is -4.96. The second-order valence-corrected chi connectivity index (χ2v) is 7.35. The van der Waals surface area contributed by atoms with Crippen LogP contribution in [-0.4, -0.2) is 14.6 Å². The topological polar surface area (TPSA) is 110 Å². The predicted molar refractivity (Wildman–Crippen MR) is 129 cm³/mol. The van der Waals surface area contributed by atoms with E-state index in [0.29, 0.717) is 22.5 Å². The number of nitrogen functional groups attached to an aromatic ring is 1. The number of hydrogen-bond acceptors (Lipinski definition) is 6. The summed E-state index contributed by atoms with van der Waals surface area (Å²) in [6.45, 7) is 0. The van der Waals surface area contributed by atoms with Crippen LogP contribution in [0.3, 0.4) is 0 Å². The van der Waals surface area contributed by atoms with Crippen LogP contribution in [0.25, 0.3) is 33.5 Å². The highest BCUT2D eigenvalue weighted by Crippen LogP contribution is 2.34. The lowest BCUT2D eigenvalue weighted by atomic mass is 9.97. The summed E-state index contributed by atoms with van der Waals surface area (Å²) in [6, 6.07) is 30.1. The molecule has 2 aromatic heterocycles. The number of anilines is 2. The number of nitrogens with zero attached hydrogens (tertiary/aromatic N) is 4. The number of rotatable bonds is 4. The van der Waals surface area contributed by atoms with Gasteiger partial charge in [0.25, 0.3) is 5.56 Å². The molecule has 0 amide bonds. The smallest absolute Gasteiger partial charge is 0.282 e. The van der Waals surface area contributed by atoms with Crippen LogP contribution in [0.2, 0.25) is 0 Å².